The summed E-state index contributed by atoms with van der Waals surface area (Å²) in [5, 5.41) is 0. The number of nitrogens with zero attached hydrogens (tertiary/aromatic N) is 1. The Kier molecular flexibility index (Phi) is 6.72. The number of halogens is 2. The zero-order valence-corrected chi connectivity index (χ0v) is 16.7. The minimum absolute atomic E-state index is 0.0389. The van der Waals surface area contributed by atoms with E-state index in [1.807, 2.05) is 25.3 Å². The Hall–Kier alpha value is -1.99. The highest BCUT2D eigenvalue weighted by atomic mass is 79.9. The first-order valence-electron chi connectivity index (χ1n) is 8.09. The molecule has 0 radical (unpaired) electrons. The normalized spacial score (nSPS) is 12.1. The average Bonchev–Trinajstić information content (AvgIpc) is 2.89. The lowest BCUT2D eigenvalue weighted by Crippen LogP contribution is -2.17. The fourth-order valence-corrected chi connectivity index (χ4v) is 3.40. The molecule has 0 aliphatic heterocycles. The van der Waals surface area contributed by atoms with Crippen LogP contribution in [0.4, 0.5) is 4.39 Å². The number of aryl methyl sites for hydroxylation is 1. The number of hydrogen-bond acceptors (Lipinski definition) is 4. The van der Waals surface area contributed by atoms with Crippen molar-refractivity contribution in [3.05, 3.63) is 57.1 Å². The van der Waals surface area contributed by atoms with Gasteiger partial charge in [0.2, 0.25) is 5.78 Å². The van der Waals surface area contributed by atoms with Crippen LogP contribution in [0.5, 0.6) is 0 Å². The molecule has 2 rings (SSSR count). The molecule has 140 valence electrons. The number of Topliss-reactive ketones (excluding diaryl/α,β-unsaturated/α-hetero) is 1. The largest absolute Gasteiger partial charge is 0.454 e. The van der Waals surface area contributed by atoms with Crippen molar-refractivity contribution in [3.63, 3.8) is 0 Å². The van der Waals surface area contributed by atoms with E-state index in [1.54, 1.807) is 13.2 Å². The summed E-state index contributed by atoms with van der Waals surface area (Å²) in [5.74, 6) is -1.62. The van der Waals surface area contributed by atoms with Crippen molar-refractivity contribution in [2.75, 3.05) is 20.3 Å². The van der Waals surface area contributed by atoms with E-state index in [2.05, 4.69) is 15.9 Å². The van der Waals surface area contributed by atoms with Crippen molar-refractivity contribution in [2.24, 2.45) is 0 Å². The summed E-state index contributed by atoms with van der Waals surface area (Å²) in [6.45, 7) is 5.86. The van der Waals surface area contributed by atoms with Crippen LogP contribution in [-0.4, -0.2) is 36.6 Å². The summed E-state index contributed by atoms with van der Waals surface area (Å²) in [6.07, 6.45) is 0. The Morgan fingerprint density at radius 1 is 1.23 bits per heavy atom. The summed E-state index contributed by atoms with van der Waals surface area (Å²) in [7, 11) is 1.63. The molecule has 0 aliphatic carbocycles. The Balaban J connectivity index is 2.12. The highest BCUT2D eigenvalue weighted by Crippen LogP contribution is 2.22. The third-order valence-corrected chi connectivity index (χ3v) is 4.81. The van der Waals surface area contributed by atoms with Crippen LogP contribution in [0.1, 0.15) is 45.1 Å². The van der Waals surface area contributed by atoms with Gasteiger partial charge in [-0.05, 0) is 61.0 Å². The lowest BCUT2D eigenvalue weighted by atomic mass is 10.1. The summed E-state index contributed by atoms with van der Waals surface area (Å²) >= 11 is 3.17. The molecule has 26 heavy (non-hydrogen) atoms. The third-order valence-electron chi connectivity index (χ3n) is 4.12. The van der Waals surface area contributed by atoms with Crippen LogP contribution in [-0.2, 0) is 9.47 Å². The second-order valence-corrected chi connectivity index (χ2v) is 6.94. The molecule has 5 nitrogen and oxygen atoms in total. The van der Waals surface area contributed by atoms with Crippen molar-refractivity contribution in [1.82, 2.24) is 4.57 Å². The van der Waals surface area contributed by atoms with Gasteiger partial charge in [0, 0.05) is 28.5 Å². The molecule has 1 unspecified atom stereocenters. The Morgan fingerprint density at radius 2 is 1.92 bits per heavy atom. The summed E-state index contributed by atoms with van der Waals surface area (Å²) < 4.78 is 26.0. The molecule has 0 saturated carbocycles. The number of ether oxygens (including phenoxy) is 2. The first kappa shape index (κ1) is 20.3. The molecule has 1 aromatic carbocycles. The molecule has 0 amide bonds. The quantitative estimate of drug-likeness (QED) is 0.491. The van der Waals surface area contributed by atoms with Crippen molar-refractivity contribution in [2.45, 2.75) is 26.8 Å². The van der Waals surface area contributed by atoms with Gasteiger partial charge in [0.15, 0.2) is 6.61 Å². The van der Waals surface area contributed by atoms with Crippen LogP contribution in [0.25, 0.3) is 0 Å². The second-order valence-electron chi connectivity index (χ2n) is 6.08. The number of rotatable bonds is 7. The number of esters is 1. The van der Waals surface area contributed by atoms with E-state index in [0.717, 1.165) is 17.5 Å². The standard InChI is InChI=1S/C19H21BrFNO4/c1-11-7-15(13(3)22(11)12(2)9-25-4)18(23)10-26-19(24)16-8-14(21)5-6-17(16)20/h5-8,12H,9-10H2,1-4H3. The molecule has 0 bridgehead atoms. The zero-order valence-electron chi connectivity index (χ0n) is 15.1. The lowest BCUT2D eigenvalue weighted by molar-refractivity contribution is 0.0473. The summed E-state index contributed by atoms with van der Waals surface area (Å²) in [4.78, 5) is 24.6. The van der Waals surface area contributed by atoms with Gasteiger partial charge in [-0.25, -0.2) is 9.18 Å². The first-order chi connectivity index (χ1) is 12.3. The maximum absolute atomic E-state index is 13.3. The Labute approximate surface area is 160 Å². The second kappa shape index (κ2) is 8.60. The van der Waals surface area contributed by atoms with Crippen LogP contribution in [0, 0.1) is 19.7 Å². The predicted molar refractivity (Wildman–Crippen MR) is 99.2 cm³/mol. The smallest absolute Gasteiger partial charge is 0.339 e. The molecule has 0 aliphatic rings. The number of benzene rings is 1. The van der Waals surface area contributed by atoms with E-state index < -0.39 is 18.4 Å². The van der Waals surface area contributed by atoms with Crippen LogP contribution in [0.2, 0.25) is 0 Å². The van der Waals surface area contributed by atoms with Gasteiger partial charge >= 0.3 is 5.97 Å². The van der Waals surface area contributed by atoms with Crippen LogP contribution in [0.3, 0.4) is 0 Å². The maximum Gasteiger partial charge on any atom is 0.339 e. The van der Waals surface area contributed by atoms with Gasteiger partial charge in [-0.15, -0.1) is 0 Å². The van der Waals surface area contributed by atoms with Crippen LogP contribution < -0.4 is 0 Å². The minimum Gasteiger partial charge on any atom is -0.454 e. The molecule has 0 fully saturated rings. The summed E-state index contributed by atoms with van der Waals surface area (Å²) in [5.41, 5.74) is 2.25. The van der Waals surface area contributed by atoms with Gasteiger partial charge in [-0.1, -0.05) is 0 Å². The van der Waals surface area contributed by atoms with Gasteiger partial charge in [0.25, 0.3) is 0 Å². The molecule has 1 atom stereocenters. The van der Waals surface area contributed by atoms with Crippen LogP contribution in [0.15, 0.2) is 28.7 Å². The van der Waals surface area contributed by atoms with E-state index in [-0.39, 0.29) is 17.4 Å². The highest BCUT2D eigenvalue weighted by Gasteiger charge is 2.21. The molecule has 1 heterocycles. The molecule has 0 spiro atoms. The maximum atomic E-state index is 13.3. The fraction of sp³-hybridized carbons (Fsp3) is 0.368. The van der Waals surface area contributed by atoms with E-state index in [0.29, 0.717) is 16.6 Å². The van der Waals surface area contributed by atoms with Gasteiger partial charge in [0.05, 0.1) is 18.2 Å². The SMILES string of the molecule is COCC(C)n1c(C)cc(C(=O)COC(=O)c2cc(F)ccc2Br)c1C. The number of hydrogen-bond donors (Lipinski definition) is 0. The monoisotopic (exact) mass is 425 g/mol. The van der Waals surface area contributed by atoms with E-state index in [9.17, 15) is 14.0 Å². The highest BCUT2D eigenvalue weighted by molar-refractivity contribution is 9.10. The molecule has 0 N–H and O–H groups in total. The molecule has 1 aromatic heterocycles. The molecule has 2 aromatic rings. The van der Waals surface area contributed by atoms with Crippen molar-refractivity contribution < 1.29 is 23.5 Å². The van der Waals surface area contributed by atoms with Gasteiger partial charge in [-0.2, -0.15) is 0 Å². The van der Waals surface area contributed by atoms with Gasteiger partial charge < -0.3 is 14.0 Å². The topological polar surface area (TPSA) is 57.5 Å². The molecular weight excluding hydrogens is 405 g/mol. The number of ketones is 1. The van der Waals surface area contributed by atoms with Crippen molar-refractivity contribution in [1.29, 1.82) is 0 Å². The van der Waals surface area contributed by atoms with Crippen LogP contribution >= 0.6 is 15.9 Å². The van der Waals surface area contributed by atoms with Crippen molar-refractivity contribution in [3.8, 4) is 0 Å². The summed E-state index contributed by atoms with van der Waals surface area (Å²) in [6, 6.07) is 5.55. The molecular formula is C19H21BrFNO4. The third kappa shape index (κ3) is 4.40. The molecule has 7 heteroatoms. The Morgan fingerprint density at radius 3 is 2.58 bits per heavy atom. The predicted octanol–water partition coefficient (Wildman–Crippen LogP) is 4.25. The van der Waals surface area contributed by atoms with Gasteiger partial charge in [-0.3, -0.25) is 4.79 Å². The van der Waals surface area contributed by atoms with E-state index in [1.165, 1.54) is 12.1 Å². The van der Waals surface area contributed by atoms with Crippen molar-refractivity contribution >= 4 is 27.7 Å². The number of methoxy groups -OCH3 is 1. The first-order valence-corrected chi connectivity index (χ1v) is 8.88. The van der Waals surface area contributed by atoms with E-state index in [4.69, 9.17) is 9.47 Å². The lowest BCUT2D eigenvalue weighted by Gasteiger charge is -2.17. The zero-order chi connectivity index (χ0) is 19.4. The average molecular weight is 426 g/mol. The number of carbonyl (C=O) groups is 2. The Bertz CT molecular complexity index is 831. The minimum atomic E-state index is -0.758. The number of carbonyl (C=O) groups excluding carboxylic acids is 2. The fourth-order valence-electron chi connectivity index (χ4n) is 2.99. The van der Waals surface area contributed by atoms with E-state index >= 15 is 0 Å². The molecule has 0 saturated heterocycles. The van der Waals surface area contributed by atoms with Gasteiger partial charge in [0.1, 0.15) is 5.82 Å². The number of aromatic nitrogens is 1.